The summed E-state index contributed by atoms with van der Waals surface area (Å²) in [4.78, 5) is 13.1. The van der Waals surface area contributed by atoms with Gasteiger partial charge in [0.1, 0.15) is 0 Å². The van der Waals surface area contributed by atoms with Crippen LogP contribution in [0.1, 0.15) is 18.2 Å². The van der Waals surface area contributed by atoms with Crippen molar-refractivity contribution in [1.82, 2.24) is 10.6 Å². The number of carbonyl (C=O) groups excluding carboxylic acids is 1. The minimum absolute atomic E-state index is 0. The van der Waals surface area contributed by atoms with E-state index in [-0.39, 0.29) is 23.7 Å². The molecule has 2 heterocycles. The van der Waals surface area contributed by atoms with Crippen LogP contribution in [0.3, 0.4) is 0 Å². The highest BCUT2D eigenvalue weighted by Gasteiger charge is 2.35. The molecule has 5 heteroatoms. The fourth-order valence-electron chi connectivity index (χ4n) is 1.80. The van der Waals surface area contributed by atoms with E-state index in [2.05, 4.69) is 10.6 Å². The summed E-state index contributed by atoms with van der Waals surface area (Å²) in [6.45, 7) is 4.43. The van der Waals surface area contributed by atoms with E-state index in [4.69, 9.17) is 0 Å². The van der Waals surface area contributed by atoms with Gasteiger partial charge < -0.3 is 10.6 Å². The average molecular weight is 261 g/mol. The topological polar surface area (TPSA) is 41.1 Å². The molecule has 1 saturated heterocycles. The van der Waals surface area contributed by atoms with Crippen molar-refractivity contribution in [3.05, 3.63) is 22.4 Å². The molecule has 16 heavy (non-hydrogen) atoms. The molecule has 90 valence electrons. The van der Waals surface area contributed by atoms with Crippen LogP contribution >= 0.6 is 23.7 Å². The third kappa shape index (κ3) is 2.97. The molecular formula is C11H17ClN2OS. The van der Waals surface area contributed by atoms with Crippen LogP contribution in [-0.2, 0) is 11.3 Å². The number of halogens is 1. The van der Waals surface area contributed by atoms with E-state index in [1.165, 1.54) is 4.88 Å². The highest BCUT2D eigenvalue weighted by Crippen LogP contribution is 2.24. The van der Waals surface area contributed by atoms with Gasteiger partial charge in [0.25, 0.3) is 0 Å². The van der Waals surface area contributed by atoms with Crippen LogP contribution in [0.5, 0.6) is 0 Å². The summed E-state index contributed by atoms with van der Waals surface area (Å²) in [6.07, 6.45) is 0.934. The molecule has 0 spiro atoms. The minimum atomic E-state index is -0.211. The second-order valence-corrected chi connectivity index (χ2v) is 5.28. The number of thiophene rings is 1. The van der Waals surface area contributed by atoms with Crippen LogP contribution in [0.4, 0.5) is 0 Å². The van der Waals surface area contributed by atoms with Crippen LogP contribution in [-0.4, -0.2) is 19.0 Å². The highest BCUT2D eigenvalue weighted by molar-refractivity contribution is 7.09. The van der Waals surface area contributed by atoms with E-state index >= 15 is 0 Å². The Kier molecular flexibility index (Phi) is 4.77. The van der Waals surface area contributed by atoms with Gasteiger partial charge in [0, 0.05) is 11.4 Å². The van der Waals surface area contributed by atoms with Crippen molar-refractivity contribution in [1.29, 1.82) is 0 Å². The van der Waals surface area contributed by atoms with Crippen molar-refractivity contribution in [3.8, 4) is 0 Å². The monoisotopic (exact) mass is 260 g/mol. The fraction of sp³-hybridized carbons (Fsp3) is 0.545. The average Bonchev–Trinajstić information content (AvgIpc) is 2.85. The molecule has 1 aromatic heterocycles. The Balaban J connectivity index is 0.00000128. The fourth-order valence-corrected chi connectivity index (χ4v) is 2.45. The van der Waals surface area contributed by atoms with Crippen molar-refractivity contribution in [2.24, 2.45) is 5.41 Å². The molecule has 0 bridgehead atoms. The molecule has 2 N–H and O–H groups in total. The molecule has 1 amide bonds. The Morgan fingerprint density at radius 2 is 2.50 bits per heavy atom. The number of amides is 1. The van der Waals surface area contributed by atoms with E-state index < -0.39 is 0 Å². The first kappa shape index (κ1) is 13.5. The van der Waals surface area contributed by atoms with E-state index in [0.717, 1.165) is 19.5 Å². The molecular weight excluding hydrogens is 244 g/mol. The van der Waals surface area contributed by atoms with Gasteiger partial charge in [0.15, 0.2) is 0 Å². The molecule has 1 aliphatic heterocycles. The molecule has 0 radical (unpaired) electrons. The molecule has 1 aliphatic rings. The molecule has 1 atom stereocenters. The second-order valence-electron chi connectivity index (χ2n) is 4.25. The molecule has 1 fully saturated rings. The third-order valence-corrected chi connectivity index (χ3v) is 3.80. The Morgan fingerprint density at radius 3 is 3.06 bits per heavy atom. The SMILES string of the molecule is CC1(C(=O)NCc2cccs2)CCNC1.Cl. The van der Waals surface area contributed by atoms with Crippen molar-refractivity contribution >= 4 is 29.7 Å². The quantitative estimate of drug-likeness (QED) is 0.870. The zero-order valence-electron chi connectivity index (χ0n) is 9.29. The van der Waals surface area contributed by atoms with Crippen molar-refractivity contribution in [2.75, 3.05) is 13.1 Å². The van der Waals surface area contributed by atoms with Crippen LogP contribution in [0.15, 0.2) is 17.5 Å². The summed E-state index contributed by atoms with van der Waals surface area (Å²) < 4.78 is 0. The molecule has 0 aliphatic carbocycles. The third-order valence-electron chi connectivity index (χ3n) is 2.92. The normalized spacial score (nSPS) is 23.8. The minimum Gasteiger partial charge on any atom is -0.351 e. The molecule has 1 aromatic rings. The highest BCUT2D eigenvalue weighted by atomic mass is 35.5. The van der Waals surface area contributed by atoms with Gasteiger partial charge in [0.05, 0.1) is 12.0 Å². The van der Waals surface area contributed by atoms with Crippen molar-refractivity contribution in [2.45, 2.75) is 19.9 Å². The number of nitrogens with one attached hydrogen (secondary N) is 2. The summed E-state index contributed by atoms with van der Waals surface area (Å²) >= 11 is 1.68. The molecule has 0 saturated carbocycles. The smallest absolute Gasteiger partial charge is 0.227 e. The van der Waals surface area contributed by atoms with Crippen molar-refractivity contribution in [3.63, 3.8) is 0 Å². The zero-order chi connectivity index (χ0) is 10.7. The molecule has 2 rings (SSSR count). The standard InChI is InChI=1S/C11H16N2OS.ClH/c1-11(4-5-12-8-11)10(14)13-7-9-3-2-6-15-9;/h2-3,6,12H,4-5,7-8H2,1H3,(H,13,14);1H. The Labute approximate surface area is 106 Å². The predicted octanol–water partition coefficient (Wildman–Crippen LogP) is 1.79. The van der Waals surface area contributed by atoms with Crippen LogP contribution < -0.4 is 10.6 Å². The largest absolute Gasteiger partial charge is 0.351 e. The zero-order valence-corrected chi connectivity index (χ0v) is 10.9. The maximum absolute atomic E-state index is 11.9. The molecule has 0 aromatic carbocycles. The second kappa shape index (κ2) is 5.66. The number of carbonyl (C=O) groups is 1. The van der Waals surface area contributed by atoms with Gasteiger partial charge in [-0.2, -0.15) is 0 Å². The Bertz CT molecular complexity index is 334. The van der Waals surface area contributed by atoms with E-state index in [1.54, 1.807) is 11.3 Å². The van der Waals surface area contributed by atoms with Gasteiger partial charge >= 0.3 is 0 Å². The number of rotatable bonds is 3. The lowest BCUT2D eigenvalue weighted by Gasteiger charge is -2.21. The van der Waals surface area contributed by atoms with E-state index in [1.807, 2.05) is 24.4 Å². The van der Waals surface area contributed by atoms with E-state index in [9.17, 15) is 4.79 Å². The van der Waals surface area contributed by atoms with Gasteiger partial charge in [0.2, 0.25) is 5.91 Å². The predicted molar refractivity (Wildman–Crippen MR) is 69.0 cm³/mol. The maximum Gasteiger partial charge on any atom is 0.227 e. The van der Waals surface area contributed by atoms with Gasteiger partial charge in [-0.25, -0.2) is 0 Å². The summed E-state index contributed by atoms with van der Waals surface area (Å²) in [6, 6.07) is 4.05. The van der Waals surface area contributed by atoms with E-state index in [0.29, 0.717) is 6.54 Å². The Morgan fingerprint density at radius 1 is 1.69 bits per heavy atom. The lowest BCUT2D eigenvalue weighted by atomic mass is 9.89. The van der Waals surface area contributed by atoms with Gasteiger partial charge in [-0.1, -0.05) is 6.07 Å². The molecule has 3 nitrogen and oxygen atoms in total. The summed E-state index contributed by atoms with van der Waals surface area (Å²) in [7, 11) is 0. The van der Waals surface area contributed by atoms with Crippen LogP contribution in [0.2, 0.25) is 0 Å². The van der Waals surface area contributed by atoms with Crippen molar-refractivity contribution < 1.29 is 4.79 Å². The van der Waals surface area contributed by atoms with Gasteiger partial charge in [-0.15, -0.1) is 23.7 Å². The van der Waals surface area contributed by atoms with Gasteiger partial charge in [-0.05, 0) is 31.3 Å². The molecule has 1 unspecified atom stereocenters. The summed E-state index contributed by atoms with van der Waals surface area (Å²) in [5.41, 5.74) is -0.211. The lowest BCUT2D eigenvalue weighted by Crippen LogP contribution is -2.39. The summed E-state index contributed by atoms with van der Waals surface area (Å²) in [5, 5.41) is 8.26. The number of hydrogen-bond acceptors (Lipinski definition) is 3. The summed E-state index contributed by atoms with van der Waals surface area (Å²) in [5.74, 6) is 0.168. The first-order chi connectivity index (χ1) is 7.21. The van der Waals surface area contributed by atoms with Crippen LogP contribution in [0.25, 0.3) is 0 Å². The van der Waals surface area contributed by atoms with Crippen LogP contribution in [0, 0.1) is 5.41 Å². The number of hydrogen-bond donors (Lipinski definition) is 2. The Hall–Kier alpha value is -0.580. The first-order valence-electron chi connectivity index (χ1n) is 5.22. The van der Waals surface area contributed by atoms with Gasteiger partial charge in [-0.3, -0.25) is 4.79 Å². The first-order valence-corrected chi connectivity index (χ1v) is 6.10. The lowest BCUT2D eigenvalue weighted by molar-refractivity contribution is -0.129. The maximum atomic E-state index is 11.9.